The Morgan fingerprint density at radius 3 is 1.79 bits per heavy atom. The Bertz CT molecular complexity index is 384. The maximum atomic E-state index is 10.8. The lowest BCUT2D eigenvalue weighted by molar-refractivity contribution is -0.913. The minimum absolute atomic E-state index is 0.0882. The summed E-state index contributed by atoms with van der Waals surface area (Å²) in [7, 11) is 0. The van der Waals surface area contributed by atoms with Crippen LogP contribution in [0.3, 0.4) is 0 Å². The number of pyridine rings is 1. The molecule has 0 spiro atoms. The molecule has 0 radical (unpaired) electrons. The van der Waals surface area contributed by atoms with Crippen molar-refractivity contribution in [3.8, 4) is 0 Å². The molecular weight excluding hydrogens is 184 g/mol. The molecular formula is C9H13N2O3+. The van der Waals surface area contributed by atoms with Crippen LogP contribution in [0.25, 0.3) is 0 Å². The fraction of sp³-hybridized carbons (Fsp3) is 0.444. The van der Waals surface area contributed by atoms with Crippen molar-refractivity contribution in [2.24, 2.45) is 0 Å². The molecule has 0 amide bonds. The van der Waals surface area contributed by atoms with Crippen LogP contribution in [0.5, 0.6) is 0 Å². The van der Waals surface area contributed by atoms with Gasteiger partial charge in [0.2, 0.25) is 11.4 Å². The molecule has 0 fully saturated rings. The van der Waals surface area contributed by atoms with Crippen molar-refractivity contribution < 1.29 is 14.9 Å². The molecule has 0 aliphatic rings. The third-order valence-electron chi connectivity index (χ3n) is 2.61. The molecule has 0 aliphatic heterocycles. The Kier molecular flexibility index (Phi) is 2.42. The lowest BCUT2D eigenvalue weighted by Gasteiger charge is -2.03. The summed E-state index contributed by atoms with van der Waals surface area (Å²) in [6.45, 7) is 6.56. The second-order valence-corrected chi connectivity index (χ2v) is 3.34. The molecule has 0 saturated carbocycles. The van der Waals surface area contributed by atoms with Gasteiger partial charge in [-0.1, -0.05) is 0 Å². The maximum absolute atomic E-state index is 10.8. The van der Waals surface area contributed by atoms with Gasteiger partial charge in [0.1, 0.15) is 0 Å². The molecule has 0 bridgehead atoms. The van der Waals surface area contributed by atoms with Crippen molar-refractivity contribution in [1.82, 2.24) is 0 Å². The highest BCUT2D eigenvalue weighted by atomic mass is 16.6. The number of nitro groups is 1. The molecule has 1 aromatic rings. The molecule has 1 aromatic heterocycles. The predicted molar refractivity (Wildman–Crippen MR) is 49.4 cm³/mol. The third kappa shape index (κ3) is 1.30. The van der Waals surface area contributed by atoms with Crippen molar-refractivity contribution >= 4 is 5.69 Å². The summed E-state index contributed by atoms with van der Waals surface area (Å²) in [5, 5.41) is 20.3. The van der Waals surface area contributed by atoms with E-state index in [9.17, 15) is 15.3 Å². The van der Waals surface area contributed by atoms with Gasteiger partial charge in [0.25, 0.3) is 5.69 Å². The topological polar surface area (TPSA) is 67.2 Å². The molecule has 1 heterocycles. The predicted octanol–water partition coefficient (Wildman–Crippen LogP) is 1.35. The Morgan fingerprint density at radius 2 is 1.50 bits per heavy atom. The summed E-state index contributed by atoms with van der Waals surface area (Å²) in [5.41, 5.74) is 2.09. The van der Waals surface area contributed by atoms with Gasteiger partial charge in [0.15, 0.2) is 0 Å². The second-order valence-electron chi connectivity index (χ2n) is 3.34. The zero-order valence-corrected chi connectivity index (χ0v) is 8.66. The van der Waals surface area contributed by atoms with Gasteiger partial charge in [-0.25, -0.2) is 0 Å². The van der Waals surface area contributed by atoms with Crippen LogP contribution in [-0.2, 0) is 0 Å². The van der Waals surface area contributed by atoms with Crippen molar-refractivity contribution in [1.29, 1.82) is 0 Å². The Balaban J connectivity index is 3.68. The average Bonchev–Trinajstić information content (AvgIpc) is 2.11. The lowest BCUT2D eigenvalue weighted by Crippen LogP contribution is -2.39. The minimum atomic E-state index is -0.412. The van der Waals surface area contributed by atoms with E-state index < -0.39 is 4.92 Å². The highest BCUT2D eigenvalue weighted by molar-refractivity contribution is 5.47. The van der Waals surface area contributed by atoms with E-state index in [4.69, 9.17) is 0 Å². The number of hydrogen-bond acceptors (Lipinski definition) is 3. The standard InChI is InChI=1S/C9H13N2O3/c1-5-7(3)10(12)8(4)6(2)9(5)11(13)14/h12H,1-4H3/q+1. The van der Waals surface area contributed by atoms with E-state index in [1.165, 1.54) is 0 Å². The van der Waals surface area contributed by atoms with E-state index in [2.05, 4.69) is 0 Å². The summed E-state index contributed by atoms with van der Waals surface area (Å²) >= 11 is 0. The van der Waals surface area contributed by atoms with E-state index in [0.717, 1.165) is 4.73 Å². The number of aromatic nitrogens is 1. The normalized spacial score (nSPS) is 10.3. The average molecular weight is 197 g/mol. The molecule has 1 rings (SSSR count). The van der Waals surface area contributed by atoms with Crippen LogP contribution in [-0.4, -0.2) is 10.1 Å². The minimum Gasteiger partial charge on any atom is -0.285 e. The first-order valence-corrected chi connectivity index (χ1v) is 4.24. The molecule has 76 valence electrons. The van der Waals surface area contributed by atoms with Crippen LogP contribution < -0.4 is 4.73 Å². The van der Waals surface area contributed by atoms with Crippen LogP contribution in [0.1, 0.15) is 22.5 Å². The highest BCUT2D eigenvalue weighted by Gasteiger charge is 2.28. The third-order valence-corrected chi connectivity index (χ3v) is 2.61. The van der Waals surface area contributed by atoms with Crippen molar-refractivity contribution in [2.75, 3.05) is 0 Å². The fourth-order valence-electron chi connectivity index (χ4n) is 1.47. The summed E-state index contributed by atoms with van der Waals surface area (Å²) in [6, 6.07) is 0. The number of hydrogen-bond donors (Lipinski definition) is 1. The van der Waals surface area contributed by atoms with Gasteiger partial charge in [-0.3, -0.25) is 15.3 Å². The van der Waals surface area contributed by atoms with Crippen LogP contribution >= 0.6 is 0 Å². The fourth-order valence-corrected chi connectivity index (χ4v) is 1.47. The Morgan fingerprint density at radius 1 is 1.14 bits per heavy atom. The second kappa shape index (κ2) is 3.25. The molecule has 0 atom stereocenters. The van der Waals surface area contributed by atoms with Crippen LogP contribution in [0, 0.1) is 37.8 Å². The smallest absolute Gasteiger partial charge is 0.285 e. The summed E-state index contributed by atoms with van der Waals surface area (Å²) in [5.74, 6) is 0. The van der Waals surface area contributed by atoms with E-state index in [1.54, 1.807) is 27.7 Å². The van der Waals surface area contributed by atoms with Crippen molar-refractivity contribution in [3.05, 3.63) is 32.6 Å². The van der Waals surface area contributed by atoms with Gasteiger partial charge in [0, 0.05) is 18.6 Å². The summed E-state index contributed by atoms with van der Waals surface area (Å²) in [4.78, 5) is 10.4. The van der Waals surface area contributed by atoms with E-state index in [1.807, 2.05) is 0 Å². The lowest BCUT2D eigenvalue weighted by atomic mass is 10.1. The van der Waals surface area contributed by atoms with Gasteiger partial charge >= 0.3 is 0 Å². The van der Waals surface area contributed by atoms with Crippen molar-refractivity contribution in [2.45, 2.75) is 27.7 Å². The molecule has 0 unspecified atom stereocenters. The van der Waals surface area contributed by atoms with Gasteiger partial charge in [-0.15, -0.1) is 0 Å². The quantitative estimate of drug-likeness (QED) is 0.320. The van der Waals surface area contributed by atoms with Gasteiger partial charge in [0.05, 0.1) is 16.1 Å². The molecule has 0 aromatic carbocycles. The van der Waals surface area contributed by atoms with Crippen LogP contribution in [0.4, 0.5) is 5.69 Å². The monoisotopic (exact) mass is 197 g/mol. The Hall–Kier alpha value is -1.65. The molecule has 0 aliphatic carbocycles. The van der Waals surface area contributed by atoms with Gasteiger partial charge < -0.3 is 0 Å². The number of nitrogens with zero attached hydrogens (tertiary/aromatic N) is 2. The molecule has 5 nitrogen and oxygen atoms in total. The van der Waals surface area contributed by atoms with Gasteiger partial charge in [-0.2, -0.15) is 0 Å². The molecule has 0 saturated heterocycles. The molecule has 1 N–H and O–H groups in total. The maximum Gasteiger partial charge on any atom is 0.288 e. The van der Waals surface area contributed by atoms with E-state index in [0.29, 0.717) is 22.5 Å². The van der Waals surface area contributed by atoms with Crippen LogP contribution in [0.2, 0.25) is 0 Å². The SMILES string of the molecule is Cc1c([N+](=O)[O-])c(C)c(C)[n+](O)c1C. The van der Waals surface area contributed by atoms with E-state index >= 15 is 0 Å². The molecule has 5 heteroatoms. The summed E-state index contributed by atoms with van der Waals surface area (Å²) < 4.78 is 0.984. The first-order valence-electron chi connectivity index (χ1n) is 4.24. The first kappa shape index (κ1) is 10.4. The first-order chi connectivity index (χ1) is 6.37. The summed E-state index contributed by atoms with van der Waals surface area (Å²) in [6.07, 6.45) is 0. The molecule has 14 heavy (non-hydrogen) atoms. The Labute approximate surface area is 81.7 Å². The van der Waals surface area contributed by atoms with Crippen molar-refractivity contribution in [3.63, 3.8) is 0 Å². The zero-order valence-electron chi connectivity index (χ0n) is 8.66. The highest BCUT2D eigenvalue weighted by Crippen LogP contribution is 2.24. The zero-order chi connectivity index (χ0) is 11.0. The van der Waals surface area contributed by atoms with Gasteiger partial charge in [-0.05, 0) is 13.8 Å². The van der Waals surface area contributed by atoms with Crippen LogP contribution in [0.15, 0.2) is 0 Å². The van der Waals surface area contributed by atoms with E-state index in [-0.39, 0.29) is 5.69 Å². The largest absolute Gasteiger partial charge is 0.288 e. The number of rotatable bonds is 1.